The Morgan fingerprint density at radius 2 is 1.96 bits per heavy atom. The third-order valence-corrected chi connectivity index (χ3v) is 2.99. The number of hydrogen-bond donors (Lipinski definition) is 3. The maximum absolute atomic E-state index is 12.4. The molecule has 0 heterocycles. The first-order valence-electron chi connectivity index (χ1n) is 7.87. The molecule has 0 atom stereocenters. The van der Waals surface area contributed by atoms with E-state index in [1.807, 2.05) is 6.92 Å². The molecule has 0 aliphatic heterocycles. The molecule has 7 nitrogen and oxygen atoms in total. The Bertz CT molecular complexity index is 562. The van der Waals surface area contributed by atoms with Gasteiger partial charge in [-0.15, -0.1) is 24.0 Å². The van der Waals surface area contributed by atoms with Crippen molar-refractivity contribution in [3.63, 3.8) is 0 Å². The zero-order valence-corrected chi connectivity index (χ0v) is 17.1. The summed E-state index contributed by atoms with van der Waals surface area (Å²) in [4.78, 5) is 15.9. The number of amides is 1. The fourth-order valence-electron chi connectivity index (χ4n) is 1.87. The molecular formula is C16H25F2IN4O3. The van der Waals surface area contributed by atoms with Crippen molar-refractivity contribution in [2.24, 2.45) is 4.99 Å². The Morgan fingerprint density at radius 3 is 2.62 bits per heavy atom. The van der Waals surface area contributed by atoms with E-state index in [0.29, 0.717) is 31.2 Å². The predicted molar refractivity (Wildman–Crippen MR) is 106 cm³/mol. The second-order valence-electron chi connectivity index (χ2n) is 4.88. The molecular weight excluding hydrogens is 461 g/mol. The normalized spacial score (nSPS) is 10.9. The molecule has 10 heteroatoms. The van der Waals surface area contributed by atoms with E-state index < -0.39 is 6.61 Å². The van der Waals surface area contributed by atoms with Gasteiger partial charge in [-0.05, 0) is 13.0 Å². The van der Waals surface area contributed by atoms with Gasteiger partial charge in [0.15, 0.2) is 5.96 Å². The average Bonchev–Trinajstić information content (AvgIpc) is 2.58. The number of carbonyl (C=O) groups is 1. The van der Waals surface area contributed by atoms with E-state index in [4.69, 9.17) is 4.74 Å². The molecule has 3 N–H and O–H groups in total. The summed E-state index contributed by atoms with van der Waals surface area (Å²) >= 11 is 0. The number of methoxy groups -OCH3 is 1. The van der Waals surface area contributed by atoms with Crippen LogP contribution in [0.3, 0.4) is 0 Å². The maximum Gasteiger partial charge on any atom is 0.387 e. The molecule has 1 aromatic rings. The first kappa shape index (κ1) is 24.3. The second-order valence-corrected chi connectivity index (χ2v) is 4.88. The second kappa shape index (κ2) is 14.5. The monoisotopic (exact) mass is 486 g/mol. The first-order valence-corrected chi connectivity index (χ1v) is 7.87. The topological polar surface area (TPSA) is 84.0 Å². The molecule has 0 aromatic heterocycles. The number of guanidine groups is 1. The highest BCUT2D eigenvalue weighted by atomic mass is 127. The van der Waals surface area contributed by atoms with Crippen LogP contribution in [0.5, 0.6) is 5.75 Å². The van der Waals surface area contributed by atoms with Crippen LogP contribution in [0.4, 0.5) is 8.78 Å². The van der Waals surface area contributed by atoms with Crippen molar-refractivity contribution >= 4 is 35.8 Å². The van der Waals surface area contributed by atoms with E-state index in [1.165, 1.54) is 6.07 Å². The zero-order valence-electron chi connectivity index (χ0n) is 14.8. The number of benzene rings is 1. The van der Waals surface area contributed by atoms with Crippen molar-refractivity contribution in [2.45, 2.75) is 20.1 Å². The summed E-state index contributed by atoms with van der Waals surface area (Å²) in [5.41, 5.74) is 0.518. The molecule has 26 heavy (non-hydrogen) atoms. The van der Waals surface area contributed by atoms with Crippen LogP contribution in [-0.2, 0) is 16.1 Å². The molecule has 0 saturated heterocycles. The van der Waals surface area contributed by atoms with Gasteiger partial charge in [-0.1, -0.05) is 18.2 Å². The number of rotatable bonds is 10. The minimum atomic E-state index is -2.90. The molecule has 148 valence electrons. The molecule has 0 aliphatic carbocycles. The maximum atomic E-state index is 12.4. The number of ether oxygens (including phenoxy) is 2. The first-order chi connectivity index (χ1) is 12.1. The summed E-state index contributed by atoms with van der Waals surface area (Å²) in [6.45, 7) is 0.584. The number of carbonyl (C=O) groups excluding carboxylic acids is 1. The molecule has 0 spiro atoms. The van der Waals surface area contributed by atoms with E-state index in [9.17, 15) is 13.6 Å². The number of nitrogens with one attached hydrogen (secondary N) is 3. The van der Waals surface area contributed by atoms with E-state index in [1.54, 1.807) is 25.3 Å². The molecule has 0 fully saturated rings. The van der Waals surface area contributed by atoms with Crippen LogP contribution < -0.4 is 20.7 Å². The van der Waals surface area contributed by atoms with Crippen molar-refractivity contribution < 1.29 is 23.0 Å². The molecule has 1 amide bonds. The summed E-state index contributed by atoms with van der Waals surface area (Å²) in [5, 5.41) is 8.53. The van der Waals surface area contributed by atoms with Crippen LogP contribution in [0.1, 0.15) is 12.5 Å². The molecule has 0 bridgehead atoms. The van der Waals surface area contributed by atoms with Crippen LogP contribution >= 0.6 is 24.0 Å². The number of hydrogen-bond acceptors (Lipinski definition) is 4. The molecule has 1 rings (SSSR count). The average molecular weight is 486 g/mol. The third kappa shape index (κ3) is 10.3. The molecule has 0 radical (unpaired) electrons. The molecule has 1 aromatic carbocycles. The standard InChI is InChI=1S/C16H24F2N4O3.HI/c1-3-19-16(22-11-14(23)20-8-9-24-2)21-10-12-6-4-5-7-13(12)25-15(17)18;/h4-7,15H,3,8-11H2,1-2H3,(H,20,23)(H2,19,21,22);1H. The van der Waals surface area contributed by atoms with Crippen LogP contribution in [0.15, 0.2) is 29.3 Å². The quantitative estimate of drug-likeness (QED) is 0.203. The summed E-state index contributed by atoms with van der Waals surface area (Å²) in [5.74, 6) is 0.273. The number of aliphatic imine (C=N–C) groups is 1. The SMILES string of the molecule is CCNC(=NCc1ccccc1OC(F)F)NCC(=O)NCCOC.I. The van der Waals surface area contributed by atoms with Crippen LogP contribution in [0.25, 0.3) is 0 Å². The minimum absolute atomic E-state index is 0. The minimum Gasteiger partial charge on any atom is -0.434 e. The Balaban J connectivity index is 0.00000625. The number of nitrogens with zero attached hydrogens (tertiary/aromatic N) is 1. The van der Waals surface area contributed by atoms with Gasteiger partial charge in [-0.3, -0.25) is 4.79 Å². The van der Waals surface area contributed by atoms with Crippen molar-refractivity contribution in [1.82, 2.24) is 16.0 Å². The van der Waals surface area contributed by atoms with Gasteiger partial charge >= 0.3 is 6.61 Å². The van der Waals surface area contributed by atoms with E-state index in [2.05, 4.69) is 25.7 Å². The Kier molecular flexibility index (Phi) is 13.5. The summed E-state index contributed by atoms with van der Waals surface area (Å²) in [6.07, 6.45) is 0. The Morgan fingerprint density at radius 1 is 1.23 bits per heavy atom. The lowest BCUT2D eigenvalue weighted by Crippen LogP contribution is -2.43. The van der Waals surface area contributed by atoms with Crippen LogP contribution in [0.2, 0.25) is 0 Å². The van der Waals surface area contributed by atoms with Gasteiger partial charge in [-0.2, -0.15) is 8.78 Å². The number of alkyl halides is 2. The highest BCUT2D eigenvalue weighted by Gasteiger charge is 2.09. The number of para-hydroxylation sites is 1. The van der Waals surface area contributed by atoms with Gasteiger partial charge in [0.1, 0.15) is 5.75 Å². The highest BCUT2D eigenvalue weighted by molar-refractivity contribution is 14.0. The van der Waals surface area contributed by atoms with E-state index in [0.717, 1.165) is 0 Å². The Labute approximate surface area is 168 Å². The van der Waals surface area contributed by atoms with Gasteiger partial charge in [0, 0.05) is 25.8 Å². The molecule has 0 saturated carbocycles. The van der Waals surface area contributed by atoms with Gasteiger partial charge in [0.05, 0.1) is 19.7 Å². The third-order valence-electron chi connectivity index (χ3n) is 2.99. The summed E-state index contributed by atoms with van der Waals surface area (Å²) in [6, 6.07) is 6.44. The number of halogens is 3. The highest BCUT2D eigenvalue weighted by Crippen LogP contribution is 2.20. The summed E-state index contributed by atoms with van der Waals surface area (Å²) in [7, 11) is 1.55. The van der Waals surface area contributed by atoms with Crippen LogP contribution in [-0.4, -0.2) is 51.8 Å². The van der Waals surface area contributed by atoms with E-state index in [-0.39, 0.29) is 48.7 Å². The summed E-state index contributed by atoms with van der Waals surface area (Å²) < 4.78 is 34.2. The largest absolute Gasteiger partial charge is 0.434 e. The van der Waals surface area contributed by atoms with Crippen molar-refractivity contribution in [3.05, 3.63) is 29.8 Å². The lowest BCUT2D eigenvalue weighted by molar-refractivity contribution is -0.120. The lowest BCUT2D eigenvalue weighted by Gasteiger charge is -2.12. The van der Waals surface area contributed by atoms with Gasteiger partial charge in [-0.25, -0.2) is 4.99 Å². The fourth-order valence-corrected chi connectivity index (χ4v) is 1.87. The van der Waals surface area contributed by atoms with Gasteiger partial charge in [0.2, 0.25) is 5.91 Å². The Hall–Kier alpha value is -1.69. The van der Waals surface area contributed by atoms with Crippen molar-refractivity contribution in [1.29, 1.82) is 0 Å². The van der Waals surface area contributed by atoms with Crippen LogP contribution in [0, 0.1) is 0 Å². The molecule has 0 unspecified atom stereocenters. The van der Waals surface area contributed by atoms with Crippen molar-refractivity contribution in [3.8, 4) is 5.75 Å². The predicted octanol–water partition coefficient (Wildman–Crippen LogP) is 1.72. The smallest absolute Gasteiger partial charge is 0.387 e. The molecule has 0 aliphatic rings. The lowest BCUT2D eigenvalue weighted by atomic mass is 10.2. The fraction of sp³-hybridized carbons (Fsp3) is 0.500. The van der Waals surface area contributed by atoms with E-state index >= 15 is 0 Å². The van der Waals surface area contributed by atoms with Gasteiger partial charge in [0.25, 0.3) is 0 Å². The van der Waals surface area contributed by atoms with Gasteiger partial charge < -0.3 is 25.4 Å². The van der Waals surface area contributed by atoms with Crippen molar-refractivity contribution in [2.75, 3.05) is 33.4 Å². The zero-order chi connectivity index (χ0) is 18.5.